The van der Waals surface area contributed by atoms with Crippen molar-refractivity contribution in [1.29, 1.82) is 0 Å². The molecule has 0 bridgehead atoms. The molecule has 0 radical (unpaired) electrons. The van der Waals surface area contributed by atoms with E-state index >= 15 is 0 Å². The number of pyridine rings is 1. The standard InChI is InChI=1S/C10H12F3N3O3/c1-2-18-9(17)7-5(15)4-16-6(3-14)8(7)19-10(11,12)13/h4H,2-3,14-15H2,1H3. The third-order valence-corrected chi connectivity index (χ3v) is 2.03. The molecule has 19 heavy (non-hydrogen) atoms. The molecule has 0 unspecified atom stereocenters. The van der Waals surface area contributed by atoms with E-state index in [1.54, 1.807) is 0 Å². The van der Waals surface area contributed by atoms with E-state index in [2.05, 4.69) is 14.5 Å². The number of alkyl halides is 3. The molecule has 0 aliphatic heterocycles. The number of aromatic nitrogens is 1. The highest BCUT2D eigenvalue weighted by Crippen LogP contribution is 2.32. The van der Waals surface area contributed by atoms with Crippen LogP contribution in [-0.4, -0.2) is 23.9 Å². The van der Waals surface area contributed by atoms with Crippen LogP contribution in [0.2, 0.25) is 0 Å². The maximum absolute atomic E-state index is 12.3. The van der Waals surface area contributed by atoms with Gasteiger partial charge in [-0.1, -0.05) is 0 Å². The minimum absolute atomic E-state index is 0.0238. The molecule has 0 aromatic carbocycles. The van der Waals surface area contributed by atoms with Gasteiger partial charge in [-0.05, 0) is 6.92 Å². The Kier molecular flexibility index (Phi) is 4.54. The molecule has 0 spiro atoms. The van der Waals surface area contributed by atoms with Crippen LogP contribution < -0.4 is 16.2 Å². The Hall–Kier alpha value is -2.03. The zero-order chi connectivity index (χ0) is 14.6. The van der Waals surface area contributed by atoms with Crippen LogP contribution in [0.15, 0.2) is 6.20 Å². The zero-order valence-electron chi connectivity index (χ0n) is 9.95. The summed E-state index contributed by atoms with van der Waals surface area (Å²) in [5, 5.41) is 0. The molecule has 0 amide bonds. The molecule has 9 heteroatoms. The molecule has 1 aromatic rings. The number of hydrogen-bond acceptors (Lipinski definition) is 6. The number of hydrogen-bond donors (Lipinski definition) is 2. The van der Waals surface area contributed by atoms with E-state index in [1.807, 2.05) is 0 Å². The number of esters is 1. The number of halogens is 3. The lowest BCUT2D eigenvalue weighted by Crippen LogP contribution is -2.23. The third-order valence-electron chi connectivity index (χ3n) is 2.03. The molecule has 0 saturated heterocycles. The fraction of sp³-hybridized carbons (Fsp3) is 0.400. The van der Waals surface area contributed by atoms with E-state index < -0.39 is 23.6 Å². The average Bonchev–Trinajstić information content (AvgIpc) is 2.27. The van der Waals surface area contributed by atoms with Crippen LogP contribution in [0, 0.1) is 0 Å². The number of carbonyl (C=O) groups is 1. The smallest absolute Gasteiger partial charge is 0.462 e. The first kappa shape index (κ1) is 15.0. The molecular formula is C10H12F3N3O3. The summed E-state index contributed by atoms with van der Waals surface area (Å²) in [6, 6.07) is 0. The van der Waals surface area contributed by atoms with Crippen molar-refractivity contribution in [2.45, 2.75) is 19.8 Å². The number of nitrogen functional groups attached to an aromatic ring is 1. The zero-order valence-corrected chi connectivity index (χ0v) is 9.95. The summed E-state index contributed by atoms with van der Waals surface area (Å²) in [5.41, 5.74) is 9.65. The molecule has 1 aromatic heterocycles. The lowest BCUT2D eigenvalue weighted by atomic mass is 10.1. The van der Waals surface area contributed by atoms with Gasteiger partial charge in [0.05, 0.1) is 24.2 Å². The van der Waals surface area contributed by atoms with Gasteiger partial charge in [-0.2, -0.15) is 0 Å². The summed E-state index contributed by atoms with van der Waals surface area (Å²) in [5.74, 6) is -1.86. The summed E-state index contributed by atoms with van der Waals surface area (Å²) < 4.78 is 45.4. The first-order chi connectivity index (χ1) is 8.80. The summed E-state index contributed by atoms with van der Waals surface area (Å²) in [7, 11) is 0. The number of nitrogens with zero attached hydrogens (tertiary/aromatic N) is 1. The van der Waals surface area contributed by atoms with Gasteiger partial charge in [-0.3, -0.25) is 4.98 Å². The van der Waals surface area contributed by atoms with Crippen LogP contribution in [0.3, 0.4) is 0 Å². The summed E-state index contributed by atoms with van der Waals surface area (Å²) in [6.45, 7) is 1.13. The van der Waals surface area contributed by atoms with Crippen molar-refractivity contribution >= 4 is 11.7 Å². The maximum Gasteiger partial charge on any atom is 0.573 e. The molecule has 1 rings (SSSR count). The first-order valence-corrected chi connectivity index (χ1v) is 5.20. The van der Waals surface area contributed by atoms with Gasteiger partial charge >= 0.3 is 12.3 Å². The number of ether oxygens (including phenoxy) is 2. The van der Waals surface area contributed by atoms with E-state index in [0.29, 0.717) is 0 Å². The highest BCUT2D eigenvalue weighted by Gasteiger charge is 2.35. The molecule has 0 saturated carbocycles. The van der Waals surface area contributed by atoms with Crippen LogP contribution in [0.5, 0.6) is 5.75 Å². The van der Waals surface area contributed by atoms with Crippen LogP contribution in [0.4, 0.5) is 18.9 Å². The van der Waals surface area contributed by atoms with Crippen molar-refractivity contribution in [1.82, 2.24) is 4.98 Å². The van der Waals surface area contributed by atoms with Crippen molar-refractivity contribution in [3.05, 3.63) is 17.5 Å². The van der Waals surface area contributed by atoms with Crippen molar-refractivity contribution in [3.63, 3.8) is 0 Å². The lowest BCUT2D eigenvalue weighted by molar-refractivity contribution is -0.275. The predicted molar refractivity (Wildman–Crippen MR) is 59.2 cm³/mol. The van der Waals surface area contributed by atoms with Crippen molar-refractivity contribution in [2.24, 2.45) is 5.73 Å². The van der Waals surface area contributed by atoms with Gasteiger partial charge in [-0.25, -0.2) is 4.79 Å². The van der Waals surface area contributed by atoms with Gasteiger partial charge in [0.2, 0.25) is 0 Å². The summed E-state index contributed by atoms with van der Waals surface area (Å²) in [6.07, 6.45) is -3.97. The quantitative estimate of drug-likeness (QED) is 0.803. The number of nitrogens with two attached hydrogens (primary N) is 2. The maximum atomic E-state index is 12.3. The highest BCUT2D eigenvalue weighted by atomic mass is 19.4. The molecule has 106 valence electrons. The first-order valence-electron chi connectivity index (χ1n) is 5.20. The largest absolute Gasteiger partial charge is 0.573 e. The van der Waals surface area contributed by atoms with Gasteiger partial charge in [0.25, 0.3) is 0 Å². The summed E-state index contributed by atoms with van der Waals surface area (Å²) >= 11 is 0. The van der Waals surface area contributed by atoms with Gasteiger partial charge in [-0.15, -0.1) is 13.2 Å². The van der Waals surface area contributed by atoms with Gasteiger partial charge < -0.3 is 20.9 Å². The van der Waals surface area contributed by atoms with Crippen molar-refractivity contribution < 1.29 is 27.4 Å². The Morgan fingerprint density at radius 1 is 1.47 bits per heavy atom. The van der Waals surface area contributed by atoms with Crippen molar-refractivity contribution in [3.8, 4) is 5.75 Å². The average molecular weight is 279 g/mol. The summed E-state index contributed by atoms with van der Waals surface area (Å²) in [4.78, 5) is 15.2. The SMILES string of the molecule is CCOC(=O)c1c(N)cnc(CN)c1OC(F)(F)F. The predicted octanol–water partition coefficient (Wildman–Crippen LogP) is 1.20. The van der Waals surface area contributed by atoms with E-state index in [-0.39, 0.29) is 24.5 Å². The molecule has 0 aliphatic rings. The Balaban J connectivity index is 3.36. The minimum atomic E-state index is -5.00. The molecular weight excluding hydrogens is 267 g/mol. The second-order valence-electron chi connectivity index (χ2n) is 3.34. The van der Waals surface area contributed by atoms with E-state index in [1.165, 1.54) is 6.92 Å². The molecule has 6 nitrogen and oxygen atoms in total. The fourth-order valence-electron chi connectivity index (χ4n) is 1.33. The molecule has 0 fully saturated rings. The fourth-order valence-corrected chi connectivity index (χ4v) is 1.33. The van der Waals surface area contributed by atoms with Crippen molar-refractivity contribution in [2.75, 3.05) is 12.3 Å². The minimum Gasteiger partial charge on any atom is -0.462 e. The Morgan fingerprint density at radius 3 is 2.58 bits per heavy atom. The van der Waals surface area contributed by atoms with Gasteiger partial charge in [0.1, 0.15) is 5.56 Å². The van der Waals surface area contributed by atoms with Crippen LogP contribution in [0.25, 0.3) is 0 Å². The molecule has 1 heterocycles. The Bertz CT molecular complexity index is 477. The van der Waals surface area contributed by atoms with E-state index in [9.17, 15) is 18.0 Å². The molecule has 0 atom stereocenters. The number of anilines is 1. The normalized spacial score (nSPS) is 11.2. The van der Waals surface area contributed by atoms with E-state index in [0.717, 1.165) is 6.20 Å². The topological polar surface area (TPSA) is 100 Å². The van der Waals surface area contributed by atoms with Crippen LogP contribution in [-0.2, 0) is 11.3 Å². The second-order valence-corrected chi connectivity index (χ2v) is 3.34. The Morgan fingerprint density at radius 2 is 2.11 bits per heavy atom. The second kappa shape index (κ2) is 5.74. The number of rotatable bonds is 4. The van der Waals surface area contributed by atoms with E-state index in [4.69, 9.17) is 11.5 Å². The third kappa shape index (κ3) is 3.71. The Labute approximate surface area is 106 Å². The van der Waals surface area contributed by atoms with Crippen LogP contribution >= 0.6 is 0 Å². The lowest BCUT2D eigenvalue weighted by Gasteiger charge is -2.16. The van der Waals surface area contributed by atoms with Gasteiger partial charge in [0.15, 0.2) is 5.75 Å². The highest BCUT2D eigenvalue weighted by molar-refractivity contribution is 5.98. The van der Waals surface area contributed by atoms with Crippen LogP contribution in [0.1, 0.15) is 23.0 Å². The molecule has 4 N–H and O–H groups in total. The van der Waals surface area contributed by atoms with Gasteiger partial charge in [0, 0.05) is 6.54 Å². The monoisotopic (exact) mass is 279 g/mol. The molecule has 0 aliphatic carbocycles. The number of carbonyl (C=O) groups excluding carboxylic acids is 1.